The van der Waals surface area contributed by atoms with E-state index in [0.29, 0.717) is 36.6 Å². The smallest absolute Gasteiger partial charge is 0.338 e. The van der Waals surface area contributed by atoms with Gasteiger partial charge in [-0.15, -0.1) is 0 Å². The van der Waals surface area contributed by atoms with E-state index in [2.05, 4.69) is 21.9 Å². The van der Waals surface area contributed by atoms with E-state index in [1.807, 2.05) is 6.07 Å². The summed E-state index contributed by atoms with van der Waals surface area (Å²) in [7, 11) is -4.04. The van der Waals surface area contributed by atoms with Crippen LogP contribution < -0.4 is 10.0 Å². The third-order valence-corrected chi connectivity index (χ3v) is 8.38. The number of nitrogens with one attached hydrogen (secondary N) is 2. The summed E-state index contributed by atoms with van der Waals surface area (Å²) >= 11 is 0. The molecule has 0 spiro atoms. The SMILES string of the molecule is CCN1CCCC1CNC(=O)C=Cc1cc2c(c(C(=O)O)c1NS(=O)(=O)c1ccccc1)CCCC2. The van der Waals surface area contributed by atoms with Gasteiger partial charge >= 0.3 is 5.97 Å². The molecule has 1 heterocycles. The van der Waals surface area contributed by atoms with Gasteiger partial charge in [0.25, 0.3) is 10.0 Å². The van der Waals surface area contributed by atoms with E-state index < -0.39 is 16.0 Å². The van der Waals surface area contributed by atoms with Crippen LogP contribution in [-0.2, 0) is 27.7 Å². The third-order valence-electron chi connectivity index (χ3n) is 7.02. The molecule has 0 bridgehead atoms. The number of rotatable bonds is 9. The number of nitrogens with zero attached hydrogens (tertiary/aromatic N) is 1. The standard InChI is InChI=1S/C27H33N3O5S/c1-2-30-16-8-10-21(30)18-28-24(31)15-14-20-17-19-9-6-7-13-23(19)25(27(32)33)26(20)29-36(34,35)22-11-4-3-5-12-22/h3-5,11-12,14-15,17,21,29H,2,6-10,13,16,18H2,1H3,(H,28,31)(H,32,33). The number of carbonyl (C=O) groups excluding carboxylic acids is 1. The van der Waals surface area contributed by atoms with Crippen molar-refractivity contribution in [2.24, 2.45) is 0 Å². The Morgan fingerprint density at radius 2 is 1.89 bits per heavy atom. The first-order valence-electron chi connectivity index (χ1n) is 12.5. The second-order valence-electron chi connectivity index (χ2n) is 9.29. The number of anilines is 1. The number of benzene rings is 2. The average Bonchev–Trinajstić information content (AvgIpc) is 3.34. The van der Waals surface area contributed by atoms with Crippen molar-refractivity contribution in [1.29, 1.82) is 0 Å². The molecule has 0 radical (unpaired) electrons. The van der Waals surface area contributed by atoms with Crippen LogP contribution in [0.3, 0.4) is 0 Å². The van der Waals surface area contributed by atoms with Crippen molar-refractivity contribution >= 4 is 33.7 Å². The van der Waals surface area contributed by atoms with Gasteiger partial charge in [0.15, 0.2) is 0 Å². The maximum atomic E-state index is 13.1. The first-order chi connectivity index (χ1) is 17.3. The number of fused-ring (bicyclic) bond motifs is 1. The molecule has 2 aromatic rings. The Labute approximate surface area is 212 Å². The molecule has 1 aliphatic carbocycles. The largest absolute Gasteiger partial charge is 0.478 e. The summed E-state index contributed by atoms with van der Waals surface area (Å²) in [5.41, 5.74) is 1.84. The van der Waals surface area contributed by atoms with Gasteiger partial charge in [-0.05, 0) is 92.6 Å². The number of carbonyl (C=O) groups is 2. The summed E-state index contributed by atoms with van der Waals surface area (Å²) < 4.78 is 28.8. The third kappa shape index (κ3) is 5.79. The van der Waals surface area contributed by atoms with Gasteiger partial charge in [0.1, 0.15) is 0 Å². The number of likely N-dealkylation sites (N-methyl/N-ethyl adjacent to an activating group) is 1. The van der Waals surface area contributed by atoms with Gasteiger partial charge in [-0.3, -0.25) is 14.4 Å². The molecular weight excluding hydrogens is 478 g/mol. The first-order valence-corrected chi connectivity index (χ1v) is 14.0. The molecule has 4 rings (SSSR count). The van der Waals surface area contributed by atoms with Crippen LogP contribution in [0.1, 0.15) is 59.7 Å². The predicted octanol–water partition coefficient (Wildman–Crippen LogP) is 3.68. The molecule has 1 unspecified atom stereocenters. The Balaban J connectivity index is 1.66. The second kappa shape index (κ2) is 11.3. The van der Waals surface area contributed by atoms with Crippen LogP contribution in [0, 0.1) is 0 Å². The van der Waals surface area contributed by atoms with Crippen molar-refractivity contribution in [2.75, 3.05) is 24.4 Å². The van der Waals surface area contributed by atoms with Crippen LogP contribution >= 0.6 is 0 Å². The van der Waals surface area contributed by atoms with Crippen LogP contribution in [0.5, 0.6) is 0 Å². The van der Waals surface area contributed by atoms with Gasteiger partial charge in [0.2, 0.25) is 5.91 Å². The summed E-state index contributed by atoms with van der Waals surface area (Å²) in [5, 5.41) is 13.0. The molecule has 9 heteroatoms. The van der Waals surface area contributed by atoms with Crippen LogP contribution in [-0.4, -0.2) is 56.0 Å². The minimum atomic E-state index is -4.04. The van der Waals surface area contributed by atoms with Crippen LogP contribution in [0.4, 0.5) is 5.69 Å². The molecule has 8 nitrogen and oxygen atoms in total. The highest BCUT2D eigenvalue weighted by molar-refractivity contribution is 7.92. The van der Waals surface area contributed by atoms with Crippen LogP contribution in [0.25, 0.3) is 6.08 Å². The Kier molecular flexibility index (Phi) is 8.11. The van der Waals surface area contributed by atoms with E-state index in [-0.39, 0.29) is 22.1 Å². The Morgan fingerprint density at radius 1 is 1.14 bits per heavy atom. The van der Waals surface area contributed by atoms with Crippen molar-refractivity contribution in [2.45, 2.75) is 56.4 Å². The molecule has 1 atom stereocenters. The lowest BCUT2D eigenvalue weighted by Gasteiger charge is -2.23. The molecule has 1 saturated heterocycles. The molecular formula is C27H33N3O5S. The number of carboxylic acids is 1. The number of carboxylic acid groups (broad SMARTS) is 1. The fourth-order valence-electron chi connectivity index (χ4n) is 5.18. The maximum Gasteiger partial charge on any atom is 0.338 e. The molecule has 1 fully saturated rings. The summed E-state index contributed by atoms with van der Waals surface area (Å²) in [4.78, 5) is 27.4. The van der Waals surface area contributed by atoms with Gasteiger partial charge < -0.3 is 10.4 Å². The lowest BCUT2D eigenvalue weighted by molar-refractivity contribution is -0.116. The zero-order valence-electron chi connectivity index (χ0n) is 20.5. The number of hydrogen-bond donors (Lipinski definition) is 3. The van der Waals surface area contributed by atoms with Gasteiger partial charge in [0, 0.05) is 18.7 Å². The molecule has 1 aliphatic heterocycles. The second-order valence-corrected chi connectivity index (χ2v) is 11.0. The normalized spacial score (nSPS) is 18.2. The highest BCUT2D eigenvalue weighted by Crippen LogP contribution is 2.35. The summed E-state index contributed by atoms with van der Waals surface area (Å²) in [5.74, 6) is -1.50. The van der Waals surface area contributed by atoms with Gasteiger partial charge in [0.05, 0.1) is 16.1 Å². The number of sulfonamides is 1. The molecule has 2 aromatic carbocycles. The lowest BCUT2D eigenvalue weighted by atomic mass is 9.85. The van der Waals surface area contributed by atoms with E-state index in [1.54, 1.807) is 18.2 Å². The summed E-state index contributed by atoms with van der Waals surface area (Å²) in [6, 6.07) is 9.94. The number of likely N-dealkylation sites (tertiary alicyclic amines) is 1. The van der Waals surface area contributed by atoms with E-state index in [0.717, 1.165) is 44.3 Å². The number of aromatic carboxylic acids is 1. The van der Waals surface area contributed by atoms with Crippen LogP contribution in [0.2, 0.25) is 0 Å². The molecule has 1 amide bonds. The van der Waals surface area contributed by atoms with Gasteiger partial charge in [-0.25, -0.2) is 13.2 Å². The minimum absolute atomic E-state index is 0.0102. The molecule has 192 valence electrons. The number of aryl methyl sites for hydroxylation is 1. The summed E-state index contributed by atoms with van der Waals surface area (Å²) in [6.07, 6.45) is 8.05. The fourth-order valence-corrected chi connectivity index (χ4v) is 6.31. The monoisotopic (exact) mass is 511 g/mol. The summed E-state index contributed by atoms with van der Waals surface area (Å²) in [6.45, 7) is 4.61. The van der Waals surface area contributed by atoms with Crippen molar-refractivity contribution in [3.05, 3.63) is 64.7 Å². The Morgan fingerprint density at radius 3 is 2.61 bits per heavy atom. The minimum Gasteiger partial charge on any atom is -0.478 e. The molecule has 3 N–H and O–H groups in total. The van der Waals surface area contributed by atoms with Crippen molar-refractivity contribution in [1.82, 2.24) is 10.2 Å². The van der Waals surface area contributed by atoms with Crippen molar-refractivity contribution in [3.8, 4) is 0 Å². The van der Waals surface area contributed by atoms with E-state index in [9.17, 15) is 23.1 Å². The van der Waals surface area contributed by atoms with E-state index in [1.165, 1.54) is 24.3 Å². The molecule has 0 aromatic heterocycles. The Hall–Kier alpha value is -3.17. The maximum absolute atomic E-state index is 13.1. The fraction of sp³-hybridized carbons (Fsp3) is 0.407. The van der Waals surface area contributed by atoms with Gasteiger partial charge in [-0.1, -0.05) is 25.1 Å². The highest BCUT2D eigenvalue weighted by atomic mass is 32.2. The lowest BCUT2D eigenvalue weighted by Crippen LogP contribution is -2.39. The van der Waals surface area contributed by atoms with E-state index in [4.69, 9.17) is 0 Å². The first kappa shape index (κ1) is 25.9. The zero-order chi connectivity index (χ0) is 25.7. The van der Waals surface area contributed by atoms with Crippen LogP contribution in [0.15, 0.2) is 47.4 Å². The predicted molar refractivity (Wildman–Crippen MR) is 140 cm³/mol. The number of hydrogen-bond acceptors (Lipinski definition) is 5. The topological polar surface area (TPSA) is 116 Å². The van der Waals surface area contributed by atoms with Crippen molar-refractivity contribution < 1.29 is 23.1 Å². The van der Waals surface area contributed by atoms with Gasteiger partial charge in [-0.2, -0.15) is 0 Å². The van der Waals surface area contributed by atoms with E-state index >= 15 is 0 Å². The average molecular weight is 512 g/mol. The Bertz CT molecular complexity index is 1260. The molecule has 36 heavy (non-hydrogen) atoms. The van der Waals surface area contributed by atoms with Crippen molar-refractivity contribution in [3.63, 3.8) is 0 Å². The zero-order valence-corrected chi connectivity index (χ0v) is 21.3. The number of amides is 1. The molecule has 2 aliphatic rings. The highest BCUT2D eigenvalue weighted by Gasteiger charge is 2.27. The molecule has 0 saturated carbocycles. The quantitative estimate of drug-likeness (QED) is 0.443.